The van der Waals surface area contributed by atoms with Crippen LogP contribution in [0.25, 0.3) is 0 Å². The zero-order valence-corrected chi connectivity index (χ0v) is 9.43. The summed E-state index contributed by atoms with van der Waals surface area (Å²) in [6.45, 7) is 1.24. The third kappa shape index (κ3) is 2.81. The summed E-state index contributed by atoms with van der Waals surface area (Å²) in [5.41, 5.74) is 6.35. The van der Waals surface area contributed by atoms with Gasteiger partial charge in [-0.05, 0) is 17.7 Å². The van der Waals surface area contributed by atoms with Crippen LogP contribution in [0.4, 0.5) is 4.39 Å². The lowest BCUT2D eigenvalue weighted by atomic mass is 10.1. The Balaban J connectivity index is 2.12. The second kappa shape index (κ2) is 5.25. The minimum absolute atomic E-state index is 0.0752. The Morgan fingerprint density at radius 2 is 2.35 bits per heavy atom. The quantitative estimate of drug-likeness (QED) is 0.835. The number of rotatable bonds is 3. The lowest BCUT2D eigenvalue weighted by Crippen LogP contribution is -2.52. The van der Waals surface area contributed by atoms with Crippen LogP contribution in [0, 0.1) is 5.82 Å². The maximum atomic E-state index is 13.0. The van der Waals surface area contributed by atoms with Gasteiger partial charge in [0.25, 0.3) is 0 Å². The second-order valence-corrected chi connectivity index (χ2v) is 4.06. The highest BCUT2D eigenvalue weighted by molar-refractivity contribution is 5.78. The number of hydrogen-bond acceptors (Lipinski definition) is 3. The molecule has 5 heteroatoms. The minimum Gasteiger partial charge on any atom is -0.369 e. The van der Waals surface area contributed by atoms with Crippen LogP contribution in [0.15, 0.2) is 24.3 Å². The van der Waals surface area contributed by atoms with E-state index in [1.54, 1.807) is 17.0 Å². The van der Waals surface area contributed by atoms with Crippen LogP contribution in [0.2, 0.25) is 0 Å². The van der Waals surface area contributed by atoms with Crippen LogP contribution in [-0.2, 0) is 16.1 Å². The molecular weight excluding hydrogens is 223 g/mol. The highest BCUT2D eigenvalue weighted by Gasteiger charge is 2.27. The Kier molecular flexibility index (Phi) is 3.71. The van der Waals surface area contributed by atoms with Crippen LogP contribution in [0.3, 0.4) is 0 Å². The monoisotopic (exact) mass is 238 g/mol. The molecular formula is C12H15FN2O2. The molecule has 17 heavy (non-hydrogen) atoms. The molecule has 0 radical (unpaired) electrons. The number of carbonyl (C=O) groups excluding carboxylic acids is 1. The summed E-state index contributed by atoms with van der Waals surface area (Å²) in [5.74, 6) is -0.400. The van der Waals surface area contributed by atoms with E-state index in [-0.39, 0.29) is 24.4 Å². The number of carbonyl (C=O) groups is 1. The van der Waals surface area contributed by atoms with Crippen molar-refractivity contribution in [2.75, 3.05) is 19.8 Å². The van der Waals surface area contributed by atoms with Crippen molar-refractivity contribution in [3.8, 4) is 0 Å². The molecule has 1 aliphatic heterocycles. The third-order valence-electron chi connectivity index (χ3n) is 2.81. The molecule has 1 aromatic rings. The van der Waals surface area contributed by atoms with E-state index in [4.69, 9.17) is 10.5 Å². The van der Waals surface area contributed by atoms with Crippen molar-refractivity contribution in [1.29, 1.82) is 0 Å². The normalized spacial score (nSPS) is 20.7. The molecule has 0 aliphatic carbocycles. The number of hydrogen-bond donors (Lipinski definition) is 1. The molecule has 0 saturated carbocycles. The topological polar surface area (TPSA) is 55.6 Å². The molecule has 2 N–H and O–H groups in total. The smallest absolute Gasteiger partial charge is 0.249 e. The van der Waals surface area contributed by atoms with E-state index in [1.165, 1.54) is 12.1 Å². The van der Waals surface area contributed by atoms with Crippen molar-refractivity contribution in [2.24, 2.45) is 5.73 Å². The number of ether oxygens (including phenoxy) is 1. The highest BCUT2D eigenvalue weighted by Crippen LogP contribution is 2.13. The molecule has 1 aromatic carbocycles. The maximum absolute atomic E-state index is 13.0. The summed E-state index contributed by atoms with van der Waals surface area (Å²) in [4.78, 5) is 13.4. The number of morpholine rings is 1. The molecule has 1 saturated heterocycles. The van der Waals surface area contributed by atoms with Gasteiger partial charge in [0.15, 0.2) is 0 Å². The molecule has 1 unspecified atom stereocenters. The van der Waals surface area contributed by atoms with E-state index in [0.717, 1.165) is 5.56 Å². The summed E-state index contributed by atoms with van der Waals surface area (Å²) < 4.78 is 18.2. The van der Waals surface area contributed by atoms with Gasteiger partial charge in [-0.25, -0.2) is 4.39 Å². The van der Waals surface area contributed by atoms with Crippen molar-refractivity contribution >= 4 is 5.91 Å². The van der Waals surface area contributed by atoms with Crippen LogP contribution in [0.1, 0.15) is 5.56 Å². The second-order valence-electron chi connectivity index (χ2n) is 4.06. The fourth-order valence-electron chi connectivity index (χ4n) is 1.90. The van der Waals surface area contributed by atoms with E-state index in [2.05, 4.69) is 0 Å². The molecule has 1 amide bonds. The molecule has 0 spiro atoms. The first-order chi connectivity index (χ1) is 8.20. The first kappa shape index (κ1) is 12.0. The highest BCUT2D eigenvalue weighted by atomic mass is 19.1. The van der Waals surface area contributed by atoms with Crippen LogP contribution in [0.5, 0.6) is 0 Å². The molecule has 0 aromatic heterocycles. The van der Waals surface area contributed by atoms with Crippen LogP contribution in [-0.4, -0.2) is 36.6 Å². The third-order valence-corrected chi connectivity index (χ3v) is 2.81. The largest absolute Gasteiger partial charge is 0.369 e. The molecule has 1 fully saturated rings. The van der Waals surface area contributed by atoms with Crippen molar-refractivity contribution in [2.45, 2.75) is 12.6 Å². The summed E-state index contributed by atoms with van der Waals surface area (Å²) in [6, 6.07) is 6.10. The van der Waals surface area contributed by atoms with Crippen molar-refractivity contribution < 1.29 is 13.9 Å². The fourth-order valence-corrected chi connectivity index (χ4v) is 1.90. The number of nitrogens with two attached hydrogens (primary N) is 1. The van der Waals surface area contributed by atoms with Crippen LogP contribution >= 0.6 is 0 Å². The molecule has 4 nitrogen and oxygen atoms in total. The lowest BCUT2D eigenvalue weighted by molar-refractivity contribution is -0.148. The molecule has 2 rings (SSSR count). The first-order valence-corrected chi connectivity index (χ1v) is 5.52. The van der Waals surface area contributed by atoms with Gasteiger partial charge >= 0.3 is 0 Å². The van der Waals surface area contributed by atoms with E-state index < -0.39 is 0 Å². The SMILES string of the molecule is NCC1COCC(=O)N1Cc1cccc(F)c1. The average Bonchev–Trinajstić information content (AvgIpc) is 2.32. The number of amides is 1. The predicted molar refractivity (Wildman–Crippen MR) is 60.6 cm³/mol. The molecule has 1 atom stereocenters. The van der Waals surface area contributed by atoms with Crippen molar-refractivity contribution in [1.82, 2.24) is 4.90 Å². The molecule has 1 heterocycles. The standard InChI is InChI=1S/C12H15FN2O2/c13-10-3-1-2-9(4-10)6-15-11(5-14)7-17-8-12(15)16/h1-4,11H,5-8,14H2. The average molecular weight is 238 g/mol. The first-order valence-electron chi connectivity index (χ1n) is 5.52. The van der Waals surface area contributed by atoms with E-state index in [0.29, 0.717) is 19.7 Å². The zero-order chi connectivity index (χ0) is 12.3. The van der Waals surface area contributed by atoms with Crippen LogP contribution < -0.4 is 5.73 Å². The fraction of sp³-hybridized carbons (Fsp3) is 0.417. The van der Waals surface area contributed by atoms with Crippen molar-refractivity contribution in [3.63, 3.8) is 0 Å². The summed E-state index contributed by atoms with van der Waals surface area (Å²) in [6.07, 6.45) is 0. The zero-order valence-electron chi connectivity index (χ0n) is 9.43. The Morgan fingerprint density at radius 1 is 1.53 bits per heavy atom. The summed E-state index contributed by atoms with van der Waals surface area (Å²) in [5, 5.41) is 0. The van der Waals surface area contributed by atoms with E-state index in [9.17, 15) is 9.18 Å². The maximum Gasteiger partial charge on any atom is 0.249 e. The van der Waals surface area contributed by atoms with Gasteiger partial charge in [-0.2, -0.15) is 0 Å². The summed E-state index contributed by atoms with van der Waals surface area (Å²) >= 11 is 0. The van der Waals surface area contributed by atoms with Gasteiger partial charge < -0.3 is 15.4 Å². The molecule has 0 bridgehead atoms. The minimum atomic E-state index is -0.299. The summed E-state index contributed by atoms with van der Waals surface area (Å²) in [7, 11) is 0. The Morgan fingerprint density at radius 3 is 3.06 bits per heavy atom. The Labute approximate surface area is 99.2 Å². The van der Waals surface area contributed by atoms with E-state index >= 15 is 0 Å². The van der Waals surface area contributed by atoms with E-state index in [1.807, 2.05) is 0 Å². The predicted octanol–water partition coefficient (Wildman–Crippen LogP) is 0.512. The number of nitrogens with zero attached hydrogens (tertiary/aromatic N) is 1. The Hall–Kier alpha value is -1.46. The van der Waals surface area contributed by atoms with Gasteiger partial charge in [-0.15, -0.1) is 0 Å². The van der Waals surface area contributed by atoms with Gasteiger partial charge in [-0.3, -0.25) is 4.79 Å². The molecule has 92 valence electrons. The molecule has 1 aliphatic rings. The van der Waals surface area contributed by atoms with Gasteiger partial charge in [0, 0.05) is 13.1 Å². The van der Waals surface area contributed by atoms with Gasteiger partial charge in [-0.1, -0.05) is 12.1 Å². The number of benzene rings is 1. The number of halogens is 1. The Bertz CT molecular complexity index is 411. The van der Waals surface area contributed by atoms with Gasteiger partial charge in [0.1, 0.15) is 12.4 Å². The van der Waals surface area contributed by atoms with Crippen molar-refractivity contribution in [3.05, 3.63) is 35.6 Å². The van der Waals surface area contributed by atoms with Gasteiger partial charge in [0.05, 0.1) is 12.6 Å². The lowest BCUT2D eigenvalue weighted by Gasteiger charge is -2.34. The van der Waals surface area contributed by atoms with Gasteiger partial charge in [0.2, 0.25) is 5.91 Å².